The van der Waals surface area contributed by atoms with Crippen LogP contribution in [0.25, 0.3) is 11.1 Å². The van der Waals surface area contributed by atoms with Crippen molar-refractivity contribution in [1.29, 1.82) is 0 Å². The van der Waals surface area contributed by atoms with Gasteiger partial charge >= 0.3 is 0 Å². The molecule has 0 radical (unpaired) electrons. The topological polar surface area (TPSA) is 0 Å². The first-order valence-corrected chi connectivity index (χ1v) is 4.24. The fourth-order valence-electron chi connectivity index (χ4n) is 1.61. The summed E-state index contributed by atoms with van der Waals surface area (Å²) in [5.74, 6) is 0. The minimum atomic E-state index is 1.35. The summed E-state index contributed by atoms with van der Waals surface area (Å²) in [6.07, 6.45) is 0. The van der Waals surface area contributed by atoms with Crippen LogP contribution in [0.4, 0.5) is 0 Å². The summed E-state index contributed by atoms with van der Waals surface area (Å²) in [7, 11) is 0. The van der Waals surface area contributed by atoms with E-state index in [0.717, 1.165) is 0 Å². The summed E-state index contributed by atoms with van der Waals surface area (Å²) < 4.78 is 0. The predicted molar refractivity (Wildman–Crippen MR) is 52.5 cm³/mol. The molecule has 0 saturated heterocycles. The summed E-state index contributed by atoms with van der Waals surface area (Å²) in [6, 6.07) is 12.9. The monoisotopic (exact) mass is 156 g/mol. The van der Waals surface area contributed by atoms with Gasteiger partial charge in [0.25, 0.3) is 0 Å². The molecule has 0 spiro atoms. The van der Waals surface area contributed by atoms with Gasteiger partial charge in [-0.2, -0.15) is 0 Å². The third kappa shape index (κ3) is 1.00. The van der Waals surface area contributed by atoms with Gasteiger partial charge in [-0.25, -0.2) is 0 Å². The van der Waals surface area contributed by atoms with Gasteiger partial charge in [0.2, 0.25) is 0 Å². The molecule has 0 amide bonds. The summed E-state index contributed by atoms with van der Waals surface area (Å²) in [6.45, 7) is 4.31. The maximum absolute atomic E-state index is 2.19. The van der Waals surface area contributed by atoms with Gasteiger partial charge in [-0.1, -0.05) is 36.4 Å². The minimum absolute atomic E-state index is 1.35. The van der Waals surface area contributed by atoms with Crippen molar-refractivity contribution in [1.82, 2.24) is 0 Å². The molecule has 12 heavy (non-hydrogen) atoms. The van der Waals surface area contributed by atoms with Crippen LogP contribution in [-0.2, 0) is 0 Å². The highest BCUT2D eigenvalue weighted by Gasteiger charge is 2.05. The van der Waals surface area contributed by atoms with Crippen molar-refractivity contribution < 1.29 is 0 Å². The Hall–Kier alpha value is -1.30. The number of hydrogen-bond acceptors (Lipinski definition) is 0. The zero-order chi connectivity index (χ0) is 8.55. The second-order valence-electron chi connectivity index (χ2n) is 3.24. The van der Waals surface area contributed by atoms with Gasteiger partial charge in [-0.3, -0.25) is 0 Å². The average Bonchev–Trinajstić information content (AvgIpc) is 2.30. The molecule has 0 aliphatic heterocycles. The first-order valence-electron chi connectivity index (χ1n) is 4.24. The van der Waals surface area contributed by atoms with E-state index in [1.807, 2.05) is 0 Å². The van der Waals surface area contributed by atoms with Crippen LogP contribution in [0.15, 0.2) is 36.4 Å². The van der Waals surface area contributed by atoms with Gasteiger partial charge in [0.15, 0.2) is 0 Å². The molecule has 2 rings (SSSR count). The molecule has 0 N–H and O–H groups in total. The molecule has 2 aliphatic rings. The quantitative estimate of drug-likeness (QED) is 0.548. The van der Waals surface area contributed by atoms with Crippen LogP contribution in [0.5, 0.6) is 0 Å². The van der Waals surface area contributed by atoms with Gasteiger partial charge < -0.3 is 0 Å². The van der Waals surface area contributed by atoms with Crippen molar-refractivity contribution in [2.45, 2.75) is 13.8 Å². The summed E-state index contributed by atoms with van der Waals surface area (Å²) in [5, 5.41) is 0. The van der Waals surface area contributed by atoms with E-state index >= 15 is 0 Å². The summed E-state index contributed by atoms with van der Waals surface area (Å²) >= 11 is 0. The maximum Gasteiger partial charge on any atom is -0.0152 e. The Morgan fingerprint density at radius 2 is 1.25 bits per heavy atom. The zero-order valence-electron chi connectivity index (χ0n) is 7.46. The fourth-order valence-corrected chi connectivity index (χ4v) is 1.61. The van der Waals surface area contributed by atoms with Crippen molar-refractivity contribution in [3.8, 4) is 11.1 Å². The van der Waals surface area contributed by atoms with Crippen LogP contribution in [0.3, 0.4) is 0 Å². The van der Waals surface area contributed by atoms with Crippen LogP contribution in [0, 0.1) is 13.8 Å². The van der Waals surface area contributed by atoms with Crippen molar-refractivity contribution >= 4 is 0 Å². The minimum Gasteiger partial charge on any atom is -0.0620 e. The second-order valence-corrected chi connectivity index (χ2v) is 3.24. The molecule has 0 fully saturated rings. The van der Waals surface area contributed by atoms with Crippen LogP contribution in [-0.4, -0.2) is 0 Å². The van der Waals surface area contributed by atoms with Crippen molar-refractivity contribution in [2.75, 3.05) is 0 Å². The van der Waals surface area contributed by atoms with E-state index < -0.39 is 0 Å². The van der Waals surface area contributed by atoms with Crippen LogP contribution >= 0.6 is 0 Å². The molecule has 0 bridgehead atoms. The molecule has 0 atom stereocenters. The molecule has 0 saturated carbocycles. The Labute approximate surface area is 73.2 Å². The number of fused-ring (bicyclic) bond motifs is 1. The smallest absolute Gasteiger partial charge is 0.0152 e. The summed E-state index contributed by atoms with van der Waals surface area (Å²) in [4.78, 5) is 0. The Balaban J connectivity index is 2.79. The molecule has 0 heterocycles. The summed E-state index contributed by atoms with van der Waals surface area (Å²) in [5.41, 5.74) is 5.46. The second kappa shape index (κ2) is 2.63. The van der Waals surface area contributed by atoms with Crippen LogP contribution in [0.1, 0.15) is 11.1 Å². The molecule has 60 valence electrons. The van der Waals surface area contributed by atoms with E-state index in [1.54, 1.807) is 0 Å². The van der Waals surface area contributed by atoms with E-state index in [1.165, 1.54) is 22.3 Å². The Morgan fingerprint density at radius 3 is 2.08 bits per heavy atom. The number of hydrogen-bond donors (Lipinski definition) is 0. The van der Waals surface area contributed by atoms with Gasteiger partial charge in [0.1, 0.15) is 0 Å². The molecule has 0 nitrogen and oxygen atoms in total. The van der Waals surface area contributed by atoms with Gasteiger partial charge in [-0.15, -0.1) is 0 Å². The van der Waals surface area contributed by atoms with E-state index in [0.29, 0.717) is 0 Å². The zero-order valence-corrected chi connectivity index (χ0v) is 7.46. The largest absolute Gasteiger partial charge is 0.0620 e. The van der Waals surface area contributed by atoms with Crippen LogP contribution < -0.4 is 0 Å². The Bertz CT molecular complexity index is 374. The van der Waals surface area contributed by atoms with Crippen molar-refractivity contribution in [3.05, 3.63) is 47.5 Å². The molecule has 0 unspecified atom stereocenters. The highest BCUT2D eigenvalue weighted by Crippen LogP contribution is 2.28. The number of aryl methyl sites for hydroxylation is 2. The van der Waals surface area contributed by atoms with E-state index in [4.69, 9.17) is 0 Å². The number of rotatable bonds is 0. The molecule has 2 aliphatic carbocycles. The van der Waals surface area contributed by atoms with Crippen molar-refractivity contribution in [2.24, 2.45) is 0 Å². The van der Waals surface area contributed by atoms with E-state index in [-0.39, 0.29) is 0 Å². The lowest BCUT2D eigenvalue weighted by Crippen LogP contribution is -1.73. The first kappa shape index (κ1) is 7.35. The van der Waals surface area contributed by atoms with E-state index in [9.17, 15) is 0 Å². The molecular weight excluding hydrogens is 144 g/mol. The molecule has 0 aromatic carbocycles. The Morgan fingerprint density at radius 1 is 0.667 bits per heavy atom. The maximum atomic E-state index is 2.19. The van der Waals surface area contributed by atoms with Crippen molar-refractivity contribution in [3.63, 3.8) is 0 Å². The predicted octanol–water partition coefficient (Wildman–Crippen LogP) is 3.41. The molecule has 0 aromatic rings. The molecule has 0 aromatic heterocycles. The third-order valence-electron chi connectivity index (χ3n) is 2.36. The van der Waals surface area contributed by atoms with Gasteiger partial charge in [-0.05, 0) is 36.1 Å². The SMILES string of the molecule is Cc1ccc2c(C)ccccc1-2. The van der Waals surface area contributed by atoms with Crippen LogP contribution in [0.2, 0.25) is 0 Å². The Kier molecular flexibility index (Phi) is 1.61. The molecule has 0 heteroatoms. The average molecular weight is 156 g/mol. The first-order chi connectivity index (χ1) is 5.79. The highest BCUT2D eigenvalue weighted by atomic mass is 14.1. The fraction of sp³-hybridized carbons (Fsp3) is 0.167. The standard InChI is InChI=1S/C12H12/c1-9-5-3-4-6-11-10(2)7-8-12(9)11/h3-8H,1-2H3. The van der Waals surface area contributed by atoms with Gasteiger partial charge in [0.05, 0.1) is 0 Å². The van der Waals surface area contributed by atoms with Gasteiger partial charge in [0, 0.05) is 0 Å². The normalized spacial score (nSPS) is 10.5. The lowest BCUT2D eigenvalue weighted by Gasteiger charge is -1.97. The lowest BCUT2D eigenvalue weighted by atomic mass is 10.1. The van der Waals surface area contributed by atoms with E-state index in [2.05, 4.69) is 50.2 Å². The lowest BCUT2D eigenvalue weighted by molar-refractivity contribution is 1.50. The highest BCUT2D eigenvalue weighted by molar-refractivity contribution is 5.72. The third-order valence-corrected chi connectivity index (χ3v) is 2.36. The molecular formula is C12H12.